The highest BCUT2D eigenvalue weighted by Gasteiger charge is 2.29. The van der Waals surface area contributed by atoms with E-state index >= 15 is 0 Å². The van der Waals surface area contributed by atoms with Gasteiger partial charge in [-0.2, -0.15) is 5.26 Å². The van der Waals surface area contributed by atoms with E-state index in [-0.39, 0.29) is 58.1 Å². The van der Waals surface area contributed by atoms with Crippen molar-refractivity contribution in [2.75, 3.05) is 0 Å². The van der Waals surface area contributed by atoms with E-state index in [1.807, 2.05) is 0 Å². The minimum absolute atomic E-state index is 0.0400. The SMILES string of the molecule is CCCCCCC(Br)C(C)=O.CCCCCCCCCCC[C@@H](C)CC#N.CCCCCCCCCCC[C@@H](C)CC(=N)C(CCCCCC)C(C)=O.CCCCCCCCCCC[C@@H](O)CC(=O)C(CCCCCC)C(C)=O.CCCCCCCCCCC[C@@H]1CC(O)=C(CCCCCC)C(=O)O1. The number of carbonyl (C=O) groups excluding carboxylic acids is 5. The minimum atomic E-state index is -0.579. The molecule has 0 saturated heterocycles. The van der Waals surface area contributed by atoms with Gasteiger partial charge in [0.25, 0.3) is 0 Å². The minimum Gasteiger partial charge on any atom is -0.512 e. The molecule has 0 saturated carbocycles. The zero-order chi connectivity index (χ0) is 78.3. The van der Waals surface area contributed by atoms with Crippen LogP contribution >= 0.6 is 15.9 Å². The number of alkyl halides is 1. The number of nitrogens with one attached hydrogen (secondary N) is 1. The summed E-state index contributed by atoms with van der Waals surface area (Å²) < 4.78 is 5.54. The van der Waals surface area contributed by atoms with Crippen LogP contribution in [0, 0.1) is 40.4 Å². The van der Waals surface area contributed by atoms with Gasteiger partial charge in [0.15, 0.2) is 0 Å². The number of nitriles is 1. The number of unbranched alkanes of at least 4 members (excludes halogenated alkanes) is 44. The molecule has 0 bridgehead atoms. The van der Waals surface area contributed by atoms with Gasteiger partial charge in [-0.15, -0.1) is 0 Å². The third kappa shape index (κ3) is 76.1. The van der Waals surface area contributed by atoms with Crippen molar-refractivity contribution in [3.63, 3.8) is 0 Å². The summed E-state index contributed by atoms with van der Waals surface area (Å²) in [5, 5.41) is 37.2. The summed E-state index contributed by atoms with van der Waals surface area (Å²) in [4.78, 5) is 59.0. The number of cyclic esters (lactones) is 1. The Kier molecular flexibility index (Phi) is 87.3. The highest BCUT2D eigenvalue weighted by atomic mass is 79.9. The lowest BCUT2D eigenvalue weighted by atomic mass is 9.86. The Labute approximate surface area is 655 Å². The third-order valence-corrected chi connectivity index (χ3v) is 22.2. The van der Waals surface area contributed by atoms with Crippen molar-refractivity contribution in [1.82, 2.24) is 0 Å². The summed E-state index contributed by atoms with van der Waals surface area (Å²) in [6.07, 6.45) is 75.0. The molecule has 0 radical (unpaired) electrons. The van der Waals surface area contributed by atoms with Crippen LogP contribution in [0.1, 0.15) is 501 Å². The number of rotatable bonds is 70. The Morgan fingerprint density at radius 2 is 0.740 bits per heavy atom. The van der Waals surface area contributed by atoms with E-state index in [2.05, 4.69) is 91.2 Å². The average molecular weight is 1530 g/mol. The summed E-state index contributed by atoms with van der Waals surface area (Å²) >= 11 is 3.34. The number of halogens is 1. The second kappa shape index (κ2) is 84.3. The van der Waals surface area contributed by atoms with Crippen LogP contribution in [0.25, 0.3) is 0 Å². The number of nitrogens with zero attached hydrogens (tertiary/aromatic N) is 1. The highest BCUT2D eigenvalue weighted by molar-refractivity contribution is 9.10. The summed E-state index contributed by atoms with van der Waals surface area (Å²) in [5.74, 6) is 0.901. The molecule has 0 aromatic rings. The number of carbonyl (C=O) groups is 5. The van der Waals surface area contributed by atoms with Gasteiger partial charge in [-0.25, -0.2) is 4.79 Å². The van der Waals surface area contributed by atoms with Gasteiger partial charge in [0.1, 0.15) is 35.0 Å². The molecule has 10 nitrogen and oxygen atoms in total. The summed E-state index contributed by atoms with van der Waals surface area (Å²) in [5.41, 5.74) is 1.22. The van der Waals surface area contributed by atoms with Crippen molar-refractivity contribution in [1.29, 1.82) is 10.7 Å². The molecule has 614 valence electrons. The van der Waals surface area contributed by atoms with Gasteiger partial charge in [0.2, 0.25) is 0 Å². The first kappa shape index (κ1) is 108. The topological polar surface area (TPSA) is 183 Å². The Bertz CT molecular complexity index is 1930. The van der Waals surface area contributed by atoms with Gasteiger partial charge in [-0.05, 0) is 96.8 Å². The maximum Gasteiger partial charge on any atom is 0.337 e. The fourth-order valence-corrected chi connectivity index (χ4v) is 14.2. The molecule has 0 fully saturated rings. The van der Waals surface area contributed by atoms with Crippen molar-refractivity contribution >= 4 is 50.7 Å². The van der Waals surface area contributed by atoms with Crippen molar-refractivity contribution in [3.8, 4) is 6.07 Å². The molecule has 0 aromatic heterocycles. The summed E-state index contributed by atoms with van der Waals surface area (Å²) in [7, 11) is 0. The third-order valence-electron chi connectivity index (χ3n) is 21.1. The van der Waals surface area contributed by atoms with E-state index in [0.717, 1.165) is 96.3 Å². The molecule has 1 heterocycles. The van der Waals surface area contributed by atoms with Crippen LogP contribution in [0.15, 0.2) is 11.3 Å². The molecule has 0 spiro atoms. The Balaban J connectivity index is -0.000000618. The predicted molar refractivity (Wildman–Crippen MR) is 455 cm³/mol. The van der Waals surface area contributed by atoms with Crippen LogP contribution in [0.4, 0.5) is 0 Å². The lowest BCUT2D eigenvalue weighted by Crippen LogP contribution is -2.26. The van der Waals surface area contributed by atoms with E-state index in [1.165, 1.54) is 289 Å². The molecule has 1 aliphatic heterocycles. The molecular weight excluding hydrogens is 1350 g/mol. The number of esters is 1. The fourth-order valence-electron chi connectivity index (χ4n) is 13.9. The Morgan fingerprint density at radius 1 is 0.433 bits per heavy atom. The van der Waals surface area contributed by atoms with E-state index in [9.17, 15) is 34.2 Å². The van der Waals surface area contributed by atoms with Crippen molar-refractivity contribution < 1.29 is 38.9 Å². The second-order valence-corrected chi connectivity index (χ2v) is 33.1. The molecular formula is C93H177BrN2O8. The van der Waals surface area contributed by atoms with Crippen LogP contribution in [0.3, 0.4) is 0 Å². The van der Waals surface area contributed by atoms with Gasteiger partial charge < -0.3 is 20.4 Å². The van der Waals surface area contributed by atoms with E-state index < -0.39 is 12.0 Å². The number of hydrogen-bond acceptors (Lipinski definition) is 10. The number of aliphatic hydroxyl groups is 2. The largest absolute Gasteiger partial charge is 0.512 e. The van der Waals surface area contributed by atoms with E-state index in [0.29, 0.717) is 48.8 Å². The molecule has 0 amide bonds. The zero-order valence-corrected chi connectivity index (χ0v) is 73.1. The van der Waals surface area contributed by atoms with Gasteiger partial charge >= 0.3 is 5.97 Å². The van der Waals surface area contributed by atoms with Crippen LogP contribution in [-0.2, 0) is 28.7 Å². The van der Waals surface area contributed by atoms with Gasteiger partial charge in [-0.3, -0.25) is 19.2 Å². The monoisotopic (exact) mass is 1530 g/mol. The zero-order valence-electron chi connectivity index (χ0n) is 71.5. The average Bonchev–Trinajstić information content (AvgIpc) is 0.857. The Hall–Kier alpha value is -2.71. The van der Waals surface area contributed by atoms with Crippen molar-refractivity contribution in [2.45, 2.75) is 518 Å². The van der Waals surface area contributed by atoms with Crippen LogP contribution in [0.2, 0.25) is 0 Å². The maximum absolute atomic E-state index is 12.3. The first-order valence-electron chi connectivity index (χ1n) is 45.1. The van der Waals surface area contributed by atoms with Crippen molar-refractivity contribution in [3.05, 3.63) is 11.3 Å². The second-order valence-electron chi connectivity index (χ2n) is 32.0. The van der Waals surface area contributed by atoms with Gasteiger partial charge in [-0.1, -0.05) is 413 Å². The molecule has 7 atom stereocenters. The Morgan fingerprint density at radius 3 is 1.10 bits per heavy atom. The maximum atomic E-state index is 12.3. The highest BCUT2D eigenvalue weighted by Crippen LogP contribution is 2.28. The quantitative estimate of drug-likeness (QED) is 0.0175. The number of hydrogen-bond donors (Lipinski definition) is 3. The van der Waals surface area contributed by atoms with Crippen molar-refractivity contribution in [2.24, 2.45) is 23.7 Å². The predicted octanol–water partition coefficient (Wildman–Crippen LogP) is 30.3. The number of aliphatic hydroxyl groups excluding tert-OH is 2. The molecule has 3 unspecified atom stereocenters. The van der Waals surface area contributed by atoms with Gasteiger partial charge in [0, 0.05) is 25.0 Å². The molecule has 1 aliphatic rings. The fraction of sp³-hybridized carbons (Fsp3) is 0.903. The van der Waals surface area contributed by atoms with E-state index in [4.69, 9.17) is 15.4 Å². The normalized spacial score (nSPS) is 14.3. The lowest BCUT2D eigenvalue weighted by molar-refractivity contribution is -0.147. The number of Topliss-reactive ketones (excluding diaryl/α,β-unsaturated/α-hetero) is 4. The van der Waals surface area contributed by atoms with Crippen LogP contribution in [0.5, 0.6) is 0 Å². The smallest absolute Gasteiger partial charge is 0.337 e. The van der Waals surface area contributed by atoms with Gasteiger partial charge in [0.05, 0.1) is 34.4 Å². The number of ketones is 4. The van der Waals surface area contributed by atoms with Crippen LogP contribution in [-0.4, -0.2) is 62.1 Å². The number of ether oxygens (including phenoxy) is 1. The first-order valence-corrected chi connectivity index (χ1v) is 46.1. The summed E-state index contributed by atoms with van der Waals surface area (Å²) in [6.45, 7) is 27.0. The molecule has 1 rings (SSSR count). The standard InChI is InChI=1S/C24H47NO.C23H44O3.C22H40O3.C15H29N.C9H17BrO/c1-5-7-9-11-12-13-14-15-16-18-21(3)20-24(25)23(22(4)26)19-17-10-8-6-2;1-4-6-8-10-11-12-13-14-15-17-21(25)19-23(26)22(20(3)24)18-16-9-7-5-2;1-3-5-7-9-10-11-12-13-14-16-19-18-21(23)20(22(24)25-19)17-15-8-6-4-2;1-3-4-5-6-7-8-9-10-11-12-15(2)13-14-16;1-3-4-5-6-7-9(10)8(2)11/h21,23,25H,5-20H2,1-4H3;21-22,25H,4-19H2,1-3H3;19,23H,3-18H2,1-2H3;15H,3-13H2,1-2H3;9H,3-7H2,1-2H3/t21-,23?;21-,22?;19-;15-;/m1111./s1. The summed E-state index contributed by atoms with van der Waals surface area (Å²) in [6, 6.07) is 2.25. The molecule has 104 heavy (non-hydrogen) atoms. The molecule has 0 aromatic carbocycles. The first-order chi connectivity index (χ1) is 50.2. The lowest BCUT2D eigenvalue weighted by Gasteiger charge is -2.24. The van der Waals surface area contributed by atoms with E-state index in [1.54, 1.807) is 13.8 Å². The molecule has 0 aliphatic carbocycles. The molecule has 11 heteroatoms. The van der Waals surface area contributed by atoms with Crippen LogP contribution < -0.4 is 0 Å². The molecule has 3 N–H and O–H groups in total.